The van der Waals surface area contributed by atoms with Gasteiger partial charge in [-0.25, -0.2) is 14.3 Å². The highest BCUT2D eigenvalue weighted by molar-refractivity contribution is 5.88. The van der Waals surface area contributed by atoms with Crippen molar-refractivity contribution in [3.05, 3.63) is 52.7 Å². The quantitative estimate of drug-likeness (QED) is 0.773. The van der Waals surface area contributed by atoms with Gasteiger partial charge in [0.05, 0.1) is 11.9 Å². The monoisotopic (exact) mass is 339 g/mol. The van der Waals surface area contributed by atoms with E-state index in [0.29, 0.717) is 24.1 Å². The number of aryl methyl sites for hydroxylation is 1. The molecule has 1 fully saturated rings. The largest absolute Gasteiger partial charge is 0.368 e. The lowest BCUT2D eigenvalue weighted by Crippen LogP contribution is -2.38. The van der Waals surface area contributed by atoms with Crippen molar-refractivity contribution < 1.29 is 9.53 Å². The Bertz CT molecular complexity index is 984. The summed E-state index contributed by atoms with van der Waals surface area (Å²) in [5, 5.41) is 4.59. The number of ether oxygens (including phenoxy) is 1. The predicted molar refractivity (Wildman–Crippen MR) is 91.2 cm³/mol. The van der Waals surface area contributed by atoms with Crippen molar-refractivity contribution in [2.75, 3.05) is 12.0 Å². The molecular formula is C17H17N5O3. The molecule has 1 unspecified atom stereocenters. The van der Waals surface area contributed by atoms with Gasteiger partial charge < -0.3 is 4.74 Å². The first-order valence-electron chi connectivity index (χ1n) is 8.08. The van der Waals surface area contributed by atoms with Gasteiger partial charge in [0, 0.05) is 6.61 Å². The first-order valence-corrected chi connectivity index (χ1v) is 8.08. The summed E-state index contributed by atoms with van der Waals surface area (Å²) in [6, 6.07) is 7.75. The van der Waals surface area contributed by atoms with Gasteiger partial charge in [0.25, 0.3) is 11.5 Å². The highest BCUT2D eigenvalue weighted by atomic mass is 16.5. The van der Waals surface area contributed by atoms with Gasteiger partial charge in [0.15, 0.2) is 5.65 Å². The standard InChI is InChI=1S/C17H17N5O3/c1-11-4-6-12(7-5-11)22-15-13(9-19-22)17(24)21(10-18-15)20-16(23)14-3-2-8-25-14/h4-7,9-10,14H,2-3,8H2,1H3,(H,20,23). The Morgan fingerprint density at radius 2 is 2.12 bits per heavy atom. The Balaban J connectivity index is 1.68. The van der Waals surface area contributed by atoms with E-state index < -0.39 is 6.10 Å². The number of rotatable bonds is 3. The molecule has 0 aliphatic carbocycles. The topological polar surface area (TPSA) is 91.0 Å². The molecule has 128 valence electrons. The van der Waals surface area contributed by atoms with E-state index in [0.717, 1.165) is 22.3 Å². The average Bonchev–Trinajstić information content (AvgIpc) is 3.28. The fraction of sp³-hybridized carbons (Fsp3) is 0.294. The van der Waals surface area contributed by atoms with E-state index in [1.165, 1.54) is 12.5 Å². The Hall–Kier alpha value is -3.00. The smallest absolute Gasteiger partial charge is 0.283 e. The maximum Gasteiger partial charge on any atom is 0.283 e. The van der Waals surface area contributed by atoms with Crippen LogP contribution in [0, 0.1) is 6.92 Å². The van der Waals surface area contributed by atoms with Crippen LogP contribution in [0.2, 0.25) is 0 Å². The number of benzene rings is 1. The molecule has 2 aromatic heterocycles. The Morgan fingerprint density at radius 3 is 2.84 bits per heavy atom. The number of carbonyl (C=O) groups is 1. The molecule has 25 heavy (non-hydrogen) atoms. The first-order chi connectivity index (χ1) is 12.1. The van der Waals surface area contributed by atoms with E-state index in [-0.39, 0.29) is 11.5 Å². The summed E-state index contributed by atoms with van der Waals surface area (Å²) in [7, 11) is 0. The Morgan fingerprint density at radius 1 is 1.32 bits per heavy atom. The van der Waals surface area contributed by atoms with E-state index >= 15 is 0 Å². The van der Waals surface area contributed by atoms with Gasteiger partial charge in [-0.2, -0.15) is 5.10 Å². The van der Waals surface area contributed by atoms with Crippen LogP contribution < -0.4 is 11.0 Å². The number of nitrogens with one attached hydrogen (secondary N) is 1. The van der Waals surface area contributed by atoms with E-state index in [4.69, 9.17) is 4.74 Å². The van der Waals surface area contributed by atoms with Crippen LogP contribution in [0.15, 0.2) is 41.6 Å². The zero-order chi connectivity index (χ0) is 17.4. The third-order valence-electron chi connectivity index (χ3n) is 4.22. The molecule has 1 aliphatic heterocycles. The Labute approximate surface area is 143 Å². The normalized spacial score (nSPS) is 17.1. The number of fused-ring (bicyclic) bond motifs is 1. The van der Waals surface area contributed by atoms with Crippen molar-refractivity contribution in [2.45, 2.75) is 25.9 Å². The molecule has 1 aliphatic rings. The van der Waals surface area contributed by atoms with E-state index in [1.54, 1.807) is 4.68 Å². The highest BCUT2D eigenvalue weighted by Crippen LogP contribution is 2.15. The van der Waals surface area contributed by atoms with Gasteiger partial charge in [-0.1, -0.05) is 17.7 Å². The van der Waals surface area contributed by atoms with Gasteiger partial charge in [-0.3, -0.25) is 15.0 Å². The fourth-order valence-electron chi connectivity index (χ4n) is 2.84. The van der Waals surface area contributed by atoms with Crippen molar-refractivity contribution in [3.63, 3.8) is 0 Å². The molecule has 4 rings (SSSR count). The van der Waals surface area contributed by atoms with Crippen LogP contribution in [0.4, 0.5) is 0 Å². The zero-order valence-electron chi connectivity index (χ0n) is 13.7. The van der Waals surface area contributed by atoms with Crippen LogP contribution in [-0.4, -0.2) is 38.1 Å². The van der Waals surface area contributed by atoms with Crippen molar-refractivity contribution in [1.29, 1.82) is 0 Å². The zero-order valence-corrected chi connectivity index (χ0v) is 13.7. The summed E-state index contributed by atoms with van der Waals surface area (Å²) in [6.45, 7) is 2.56. The summed E-state index contributed by atoms with van der Waals surface area (Å²) < 4.78 is 8.00. The second-order valence-electron chi connectivity index (χ2n) is 6.03. The lowest BCUT2D eigenvalue weighted by Gasteiger charge is -2.11. The predicted octanol–water partition coefficient (Wildman–Crippen LogP) is 1.14. The number of amides is 1. The Kier molecular flexibility index (Phi) is 3.81. The van der Waals surface area contributed by atoms with Crippen LogP contribution >= 0.6 is 0 Å². The molecule has 8 nitrogen and oxygen atoms in total. The molecular weight excluding hydrogens is 322 g/mol. The minimum Gasteiger partial charge on any atom is -0.368 e. The van der Waals surface area contributed by atoms with E-state index in [1.807, 2.05) is 31.2 Å². The number of aromatic nitrogens is 4. The molecule has 0 radical (unpaired) electrons. The minimum absolute atomic E-state index is 0.329. The van der Waals surface area contributed by atoms with Gasteiger partial charge in [-0.15, -0.1) is 0 Å². The summed E-state index contributed by atoms with van der Waals surface area (Å²) >= 11 is 0. The first kappa shape index (κ1) is 15.5. The number of hydrogen-bond acceptors (Lipinski definition) is 5. The minimum atomic E-state index is -0.516. The van der Waals surface area contributed by atoms with E-state index in [9.17, 15) is 9.59 Å². The maximum absolute atomic E-state index is 12.6. The highest BCUT2D eigenvalue weighted by Gasteiger charge is 2.24. The molecule has 1 amide bonds. The molecule has 8 heteroatoms. The second kappa shape index (κ2) is 6.14. The van der Waals surface area contributed by atoms with Crippen molar-refractivity contribution in [1.82, 2.24) is 19.4 Å². The molecule has 0 saturated carbocycles. The molecule has 0 bridgehead atoms. The van der Waals surface area contributed by atoms with Crippen molar-refractivity contribution >= 4 is 16.9 Å². The second-order valence-corrected chi connectivity index (χ2v) is 6.03. The summed E-state index contributed by atoms with van der Waals surface area (Å²) in [6.07, 6.45) is 3.73. The summed E-state index contributed by atoms with van der Waals surface area (Å²) in [5.74, 6) is -0.341. The number of carbonyl (C=O) groups excluding carboxylic acids is 1. The van der Waals surface area contributed by atoms with Crippen LogP contribution in [-0.2, 0) is 9.53 Å². The van der Waals surface area contributed by atoms with Gasteiger partial charge in [0.2, 0.25) is 0 Å². The number of nitrogens with zero attached hydrogens (tertiary/aromatic N) is 4. The molecule has 0 spiro atoms. The van der Waals surface area contributed by atoms with Crippen LogP contribution in [0.25, 0.3) is 16.7 Å². The lowest BCUT2D eigenvalue weighted by molar-refractivity contribution is -0.125. The molecule has 3 aromatic rings. The van der Waals surface area contributed by atoms with Crippen LogP contribution in [0.1, 0.15) is 18.4 Å². The molecule has 3 heterocycles. The van der Waals surface area contributed by atoms with Gasteiger partial charge in [-0.05, 0) is 31.9 Å². The van der Waals surface area contributed by atoms with Crippen molar-refractivity contribution in [3.8, 4) is 5.69 Å². The summed E-state index contributed by atoms with van der Waals surface area (Å²) in [5.41, 5.74) is 4.55. The average molecular weight is 339 g/mol. The number of hydrogen-bond donors (Lipinski definition) is 1. The third kappa shape index (κ3) is 2.80. The fourth-order valence-corrected chi connectivity index (χ4v) is 2.84. The van der Waals surface area contributed by atoms with Crippen LogP contribution in [0.3, 0.4) is 0 Å². The molecule has 1 aromatic carbocycles. The molecule has 1 atom stereocenters. The van der Waals surface area contributed by atoms with Gasteiger partial charge in [0.1, 0.15) is 17.8 Å². The summed E-state index contributed by atoms with van der Waals surface area (Å²) in [4.78, 5) is 29.0. The molecule has 1 N–H and O–H groups in total. The maximum atomic E-state index is 12.6. The van der Waals surface area contributed by atoms with Crippen molar-refractivity contribution in [2.24, 2.45) is 0 Å². The SMILES string of the molecule is Cc1ccc(-n2ncc3c(=O)n(NC(=O)C4CCCO4)cnc32)cc1. The molecule has 1 saturated heterocycles. The van der Waals surface area contributed by atoms with E-state index in [2.05, 4.69) is 15.5 Å². The van der Waals surface area contributed by atoms with Crippen LogP contribution in [0.5, 0.6) is 0 Å². The third-order valence-corrected chi connectivity index (χ3v) is 4.22. The van der Waals surface area contributed by atoms with Gasteiger partial charge >= 0.3 is 0 Å². The lowest BCUT2D eigenvalue weighted by atomic mass is 10.2.